The number of halogens is 2. The van der Waals surface area contributed by atoms with E-state index in [9.17, 15) is 19.3 Å². The Morgan fingerprint density at radius 1 is 1.28 bits per heavy atom. The molecule has 0 spiro atoms. The quantitative estimate of drug-likeness (QED) is 0.444. The van der Waals surface area contributed by atoms with E-state index < -0.39 is 29.7 Å². The Balaban J connectivity index is 2.07. The van der Waals surface area contributed by atoms with Crippen molar-refractivity contribution < 1.29 is 19.1 Å². The standard InChI is InChI=1S/C14H10Cl2N4O5/c1-2-25-14(23)9-8-11(20(17-9)18-24)13(22)19(12(8)21)10-6(15)4-3-5-7(10)16/h3-5,8,11H,2H2,1H3/t8-,11+/m1/s1. The molecule has 0 aliphatic carbocycles. The van der Waals surface area contributed by atoms with Crippen molar-refractivity contribution >= 4 is 52.4 Å². The molecule has 130 valence electrons. The second kappa shape index (κ2) is 6.41. The van der Waals surface area contributed by atoms with Gasteiger partial charge in [-0.05, 0) is 19.1 Å². The van der Waals surface area contributed by atoms with Gasteiger partial charge in [0.05, 0.1) is 27.6 Å². The van der Waals surface area contributed by atoms with Gasteiger partial charge in [-0.15, -0.1) is 15.1 Å². The van der Waals surface area contributed by atoms with E-state index in [0.717, 1.165) is 4.90 Å². The minimum atomic E-state index is -1.38. The van der Waals surface area contributed by atoms with Crippen molar-refractivity contribution in [3.05, 3.63) is 33.2 Å². The summed E-state index contributed by atoms with van der Waals surface area (Å²) < 4.78 is 4.82. The Kier molecular flexibility index (Phi) is 4.44. The Hall–Kier alpha value is -2.52. The molecule has 25 heavy (non-hydrogen) atoms. The fourth-order valence-electron chi connectivity index (χ4n) is 2.76. The van der Waals surface area contributed by atoms with Crippen molar-refractivity contribution in [2.45, 2.75) is 13.0 Å². The molecule has 2 heterocycles. The molecule has 2 atom stereocenters. The van der Waals surface area contributed by atoms with Crippen LogP contribution in [0.15, 0.2) is 28.6 Å². The van der Waals surface area contributed by atoms with Crippen LogP contribution >= 0.6 is 23.2 Å². The number of nitrogens with zero attached hydrogens (tertiary/aromatic N) is 4. The predicted octanol–water partition coefficient (Wildman–Crippen LogP) is 1.77. The predicted molar refractivity (Wildman–Crippen MR) is 87.9 cm³/mol. The minimum Gasteiger partial charge on any atom is -0.461 e. The van der Waals surface area contributed by atoms with Crippen molar-refractivity contribution in [2.24, 2.45) is 16.3 Å². The summed E-state index contributed by atoms with van der Waals surface area (Å²) in [6.07, 6.45) is 0. The van der Waals surface area contributed by atoms with Crippen LogP contribution < -0.4 is 4.90 Å². The molecule has 0 unspecified atom stereocenters. The van der Waals surface area contributed by atoms with Crippen molar-refractivity contribution in [1.82, 2.24) is 5.12 Å². The SMILES string of the molecule is CCOC(=O)C1=NN(N=O)[C@@H]2C(=O)N(c3c(Cl)cccc3Cl)C(=O)[C@H]12. The molecule has 1 saturated heterocycles. The van der Waals surface area contributed by atoms with E-state index in [2.05, 4.69) is 10.4 Å². The van der Waals surface area contributed by atoms with Gasteiger partial charge < -0.3 is 4.74 Å². The van der Waals surface area contributed by atoms with Crippen molar-refractivity contribution in [1.29, 1.82) is 0 Å². The zero-order chi connectivity index (χ0) is 18.3. The van der Waals surface area contributed by atoms with Crippen LogP contribution in [0.25, 0.3) is 0 Å². The lowest BCUT2D eigenvalue weighted by atomic mass is 9.98. The highest BCUT2D eigenvalue weighted by Gasteiger charge is 2.60. The van der Waals surface area contributed by atoms with Crippen LogP contribution in [0.1, 0.15) is 6.92 Å². The normalized spacial score (nSPS) is 22.1. The highest BCUT2D eigenvalue weighted by molar-refractivity contribution is 6.48. The summed E-state index contributed by atoms with van der Waals surface area (Å²) in [6.45, 7) is 1.60. The van der Waals surface area contributed by atoms with Crippen LogP contribution in [0, 0.1) is 10.8 Å². The lowest BCUT2D eigenvalue weighted by Crippen LogP contribution is -2.37. The number of amides is 2. The molecule has 9 nitrogen and oxygen atoms in total. The van der Waals surface area contributed by atoms with Gasteiger partial charge >= 0.3 is 5.97 Å². The molecule has 2 amide bonds. The fraction of sp³-hybridized carbons (Fsp3) is 0.286. The molecule has 3 rings (SSSR count). The summed E-state index contributed by atoms with van der Waals surface area (Å²) in [5, 5.41) is 6.87. The highest BCUT2D eigenvalue weighted by Crippen LogP contribution is 2.41. The number of rotatable bonds is 4. The van der Waals surface area contributed by atoms with E-state index >= 15 is 0 Å². The number of benzene rings is 1. The zero-order valence-corrected chi connectivity index (χ0v) is 14.2. The van der Waals surface area contributed by atoms with E-state index in [4.69, 9.17) is 27.9 Å². The number of carbonyl (C=O) groups is 3. The van der Waals surface area contributed by atoms with Gasteiger partial charge in [0, 0.05) is 0 Å². The van der Waals surface area contributed by atoms with E-state index in [1.165, 1.54) is 12.1 Å². The largest absolute Gasteiger partial charge is 0.461 e. The molecule has 1 aromatic carbocycles. The second-order valence-corrected chi connectivity index (χ2v) is 5.93. The van der Waals surface area contributed by atoms with Gasteiger partial charge in [0.15, 0.2) is 11.8 Å². The van der Waals surface area contributed by atoms with Gasteiger partial charge in [-0.3, -0.25) is 9.59 Å². The zero-order valence-electron chi connectivity index (χ0n) is 12.7. The molecule has 0 bridgehead atoms. The second-order valence-electron chi connectivity index (χ2n) is 5.11. The average molecular weight is 385 g/mol. The number of ether oxygens (including phenoxy) is 1. The lowest BCUT2D eigenvalue weighted by Gasteiger charge is -2.19. The average Bonchev–Trinajstić information content (AvgIpc) is 3.07. The maximum atomic E-state index is 12.8. The summed E-state index contributed by atoms with van der Waals surface area (Å²) in [5.74, 6) is -3.83. The molecular formula is C14H10Cl2N4O5. The number of para-hydroxylation sites is 1. The molecule has 0 aromatic heterocycles. The monoisotopic (exact) mass is 384 g/mol. The Morgan fingerprint density at radius 2 is 1.92 bits per heavy atom. The Bertz CT molecular complexity index is 807. The van der Waals surface area contributed by atoms with Crippen LogP contribution in [-0.4, -0.2) is 41.3 Å². The highest BCUT2D eigenvalue weighted by atomic mass is 35.5. The van der Waals surface area contributed by atoms with Gasteiger partial charge in [0.1, 0.15) is 5.92 Å². The summed E-state index contributed by atoms with van der Waals surface area (Å²) in [7, 11) is 0. The maximum absolute atomic E-state index is 12.8. The maximum Gasteiger partial charge on any atom is 0.355 e. The van der Waals surface area contributed by atoms with Crippen LogP contribution in [0.2, 0.25) is 10.0 Å². The number of fused-ring (bicyclic) bond motifs is 1. The first kappa shape index (κ1) is 17.3. The van der Waals surface area contributed by atoms with Crippen molar-refractivity contribution in [2.75, 3.05) is 11.5 Å². The van der Waals surface area contributed by atoms with Crippen LogP contribution in [0.5, 0.6) is 0 Å². The summed E-state index contributed by atoms with van der Waals surface area (Å²) >= 11 is 12.1. The molecule has 2 aliphatic heterocycles. The van der Waals surface area contributed by atoms with E-state index in [1.54, 1.807) is 13.0 Å². The fourth-order valence-corrected chi connectivity index (χ4v) is 3.32. The van der Waals surface area contributed by atoms with Crippen LogP contribution in [0.3, 0.4) is 0 Å². The Morgan fingerprint density at radius 3 is 2.48 bits per heavy atom. The first-order chi connectivity index (χ1) is 11.9. The molecule has 1 fully saturated rings. The number of nitroso groups, excluding NO2 is 1. The first-order valence-electron chi connectivity index (χ1n) is 7.12. The lowest BCUT2D eigenvalue weighted by molar-refractivity contribution is -0.136. The van der Waals surface area contributed by atoms with Gasteiger partial charge in [0.25, 0.3) is 5.91 Å². The van der Waals surface area contributed by atoms with Gasteiger partial charge in [-0.25, -0.2) is 9.69 Å². The number of hydrogen-bond donors (Lipinski definition) is 0. The number of carbonyl (C=O) groups excluding carboxylic acids is 3. The van der Waals surface area contributed by atoms with Gasteiger partial charge in [-0.1, -0.05) is 29.3 Å². The number of imide groups is 1. The van der Waals surface area contributed by atoms with Crippen LogP contribution in [0.4, 0.5) is 5.69 Å². The minimum absolute atomic E-state index is 0.0238. The molecule has 0 N–H and O–H groups in total. The number of hydrazone groups is 1. The van der Waals surface area contributed by atoms with E-state index in [1.807, 2.05) is 0 Å². The smallest absolute Gasteiger partial charge is 0.355 e. The molecular weight excluding hydrogens is 375 g/mol. The van der Waals surface area contributed by atoms with Crippen molar-refractivity contribution in [3.8, 4) is 0 Å². The molecule has 11 heteroatoms. The number of anilines is 1. The van der Waals surface area contributed by atoms with Gasteiger partial charge in [-0.2, -0.15) is 0 Å². The van der Waals surface area contributed by atoms with Gasteiger partial charge in [0.2, 0.25) is 5.91 Å². The van der Waals surface area contributed by atoms with Crippen LogP contribution in [-0.2, 0) is 19.1 Å². The molecule has 2 aliphatic rings. The Labute approximate surface area is 151 Å². The molecule has 0 saturated carbocycles. The topological polar surface area (TPSA) is 109 Å². The summed E-state index contributed by atoms with van der Waals surface area (Å²) in [5.41, 5.74) is -0.389. The third-order valence-electron chi connectivity index (χ3n) is 3.76. The summed E-state index contributed by atoms with van der Waals surface area (Å²) in [4.78, 5) is 49.3. The number of esters is 1. The van der Waals surface area contributed by atoms with E-state index in [0.29, 0.717) is 5.12 Å². The first-order valence-corrected chi connectivity index (χ1v) is 7.87. The molecule has 1 aromatic rings. The molecule has 0 radical (unpaired) electrons. The third-order valence-corrected chi connectivity index (χ3v) is 4.37. The summed E-state index contributed by atoms with van der Waals surface area (Å²) in [6, 6.07) is 3.07. The number of hydrogen-bond acceptors (Lipinski definition) is 7. The van der Waals surface area contributed by atoms with Crippen molar-refractivity contribution in [3.63, 3.8) is 0 Å². The third kappa shape index (κ3) is 2.56. The van der Waals surface area contributed by atoms with E-state index in [-0.39, 0.29) is 28.1 Å².